The molecule has 2 atom stereocenters. The molecule has 0 bridgehead atoms. The molecule has 1 aliphatic rings. The van der Waals surface area contributed by atoms with Gasteiger partial charge in [0, 0.05) is 21.2 Å². The van der Waals surface area contributed by atoms with Crippen LogP contribution >= 0.6 is 23.2 Å². The number of benzene rings is 5. The number of ether oxygens (including phenoxy) is 1. The summed E-state index contributed by atoms with van der Waals surface area (Å²) in [6, 6.07) is 41.4. The molecule has 1 aromatic heterocycles. The maximum atomic E-state index is 15.7. The summed E-state index contributed by atoms with van der Waals surface area (Å²) >= 11 is 12.6. The van der Waals surface area contributed by atoms with Crippen molar-refractivity contribution < 1.29 is 14.1 Å². The first-order valence-corrected chi connectivity index (χ1v) is 15.8. The number of halogens is 2. The number of Topliss-reactive ketones (excluding diaryl/α,β-unsaturated/α-hetero) is 1. The average Bonchev–Trinajstić information content (AvgIpc) is 3.69. The summed E-state index contributed by atoms with van der Waals surface area (Å²) in [7, 11) is 1.61. The zero-order chi connectivity index (χ0) is 32.5. The second-order valence-electron chi connectivity index (χ2n) is 11.5. The number of hydrogen-bond donors (Lipinski definition) is 0. The molecule has 0 N–H and O–H groups in total. The van der Waals surface area contributed by atoms with Crippen molar-refractivity contribution in [2.75, 3.05) is 12.1 Å². The first kappa shape index (κ1) is 30.5. The van der Waals surface area contributed by atoms with E-state index in [0.29, 0.717) is 49.7 Å². The van der Waals surface area contributed by atoms with Gasteiger partial charge in [-0.3, -0.25) is 9.80 Å². The van der Waals surface area contributed by atoms with Gasteiger partial charge in [0.25, 0.3) is 0 Å². The van der Waals surface area contributed by atoms with Crippen LogP contribution in [-0.2, 0) is 0 Å². The first-order chi connectivity index (χ1) is 22.9. The third kappa shape index (κ3) is 5.50. The van der Waals surface area contributed by atoms with Gasteiger partial charge in [0.1, 0.15) is 16.9 Å². The lowest BCUT2D eigenvalue weighted by Crippen LogP contribution is -2.42. The van der Waals surface area contributed by atoms with Gasteiger partial charge in [-0.05, 0) is 78.7 Å². The molecule has 0 aliphatic carbocycles. The number of hydrazone groups is 1. The highest BCUT2D eigenvalue weighted by Crippen LogP contribution is 2.52. The number of rotatable bonds is 8. The summed E-state index contributed by atoms with van der Waals surface area (Å²) in [5, 5.41) is 12.8. The summed E-state index contributed by atoms with van der Waals surface area (Å²) in [6.45, 7) is 1.96. The topological polar surface area (TPSA) is 67.9 Å². The highest BCUT2D eigenvalue weighted by molar-refractivity contribution is 6.31. The van der Waals surface area contributed by atoms with E-state index < -0.39 is 11.5 Å². The van der Waals surface area contributed by atoms with Gasteiger partial charge in [0.05, 0.1) is 30.1 Å². The fraction of sp³-hybridized carbons (Fsp3) is 0.103. The third-order valence-electron chi connectivity index (χ3n) is 8.61. The van der Waals surface area contributed by atoms with Crippen LogP contribution in [0.15, 0.2) is 143 Å². The summed E-state index contributed by atoms with van der Waals surface area (Å²) in [5.74, 6) is 0.835. The van der Waals surface area contributed by atoms with Gasteiger partial charge in [-0.25, -0.2) is 0 Å². The van der Waals surface area contributed by atoms with E-state index in [1.807, 2.05) is 133 Å². The molecule has 0 amide bonds. The number of para-hydroxylation sites is 1. The zero-order valence-electron chi connectivity index (χ0n) is 25.6. The van der Waals surface area contributed by atoms with E-state index in [1.165, 1.54) is 0 Å². The van der Waals surface area contributed by atoms with Gasteiger partial charge < -0.3 is 9.26 Å². The monoisotopic (exact) mass is 657 g/mol. The molecule has 232 valence electrons. The van der Waals surface area contributed by atoms with E-state index in [1.54, 1.807) is 19.2 Å². The fourth-order valence-corrected chi connectivity index (χ4v) is 6.49. The molecule has 0 spiro atoms. The average molecular weight is 659 g/mol. The molecule has 0 fully saturated rings. The minimum atomic E-state index is -1.24. The quantitative estimate of drug-likeness (QED) is 0.152. The first-order valence-electron chi connectivity index (χ1n) is 15.1. The number of carbonyl (C=O) groups excluding carboxylic acids is 1. The Hall–Kier alpha value is -5.17. The standard InChI is InChI=1S/C39H29Cl2N3O3/c1-39(38(45)33-34(25-13-19-29(40)20-14-25)43-47-35(33)26-17-23-32(46-2)24-18-26)36(27-15-21-30(41)22-16-27)42-44(31-11-7-4-8-12-31)37(39)28-9-5-3-6-10-28/h3-24,37H,1-2H3. The molecule has 7 rings (SSSR count). The largest absolute Gasteiger partial charge is 0.497 e. The number of anilines is 1. The predicted octanol–water partition coefficient (Wildman–Crippen LogP) is 10.2. The molecular weight excluding hydrogens is 629 g/mol. The van der Waals surface area contributed by atoms with Crippen molar-refractivity contribution in [1.82, 2.24) is 5.16 Å². The normalized spacial score (nSPS) is 17.4. The van der Waals surface area contributed by atoms with E-state index >= 15 is 4.79 Å². The Kier molecular flexibility index (Phi) is 8.14. The van der Waals surface area contributed by atoms with Crippen LogP contribution in [0.4, 0.5) is 5.69 Å². The molecule has 0 saturated carbocycles. The van der Waals surface area contributed by atoms with Gasteiger partial charge in [0.15, 0.2) is 11.5 Å². The second kappa shape index (κ2) is 12.6. The molecule has 2 heterocycles. The van der Waals surface area contributed by atoms with E-state index in [4.69, 9.17) is 37.6 Å². The van der Waals surface area contributed by atoms with Crippen molar-refractivity contribution in [3.05, 3.63) is 160 Å². The van der Waals surface area contributed by atoms with Crippen LogP contribution in [0.1, 0.15) is 34.5 Å². The van der Waals surface area contributed by atoms with Crippen molar-refractivity contribution >= 4 is 40.4 Å². The van der Waals surface area contributed by atoms with Gasteiger partial charge in [-0.1, -0.05) is 101 Å². The minimum Gasteiger partial charge on any atom is -0.497 e. The Bertz CT molecular complexity index is 2060. The summed E-state index contributed by atoms with van der Waals surface area (Å²) < 4.78 is 11.5. The fourth-order valence-electron chi connectivity index (χ4n) is 6.24. The molecule has 0 saturated heterocycles. The maximum Gasteiger partial charge on any atom is 0.183 e. The lowest BCUT2D eigenvalue weighted by molar-refractivity contribution is 0.0869. The van der Waals surface area contributed by atoms with E-state index in [-0.39, 0.29) is 5.78 Å². The van der Waals surface area contributed by atoms with Gasteiger partial charge in [-0.2, -0.15) is 5.10 Å². The van der Waals surface area contributed by atoms with E-state index in [2.05, 4.69) is 5.16 Å². The van der Waals surface area contributed by atoms with Crippen LogP contribution in [0, 0.1) is 5.41 Å². The van der Waals surface area contributed by atoms with Crippen molar-refractivity contribution in [2.45, 2.75) is 13.0 Å². The lowest BCUT2D eigenvalue weighted by Gasteiger charge is -2.35. The summed E-state index contributed by atoms with van der Waals surface area (Å²) in [5.41, 5.74) is 4.06. The number of nitrogens with zero attached hydrogens (tertiary/aromatic N) is 3. The van der Waals surface area contributed by atoms with Crippen molar-refractivity contribution in [2.24, 2.45) is 10.5 Å². The Balaban J connectivity index is 1.50. The summed E-state index contributed by atoms with van der Waals surface area (Å²) in [6.07, 6.45) is 0. The molecule has 0 radical (unpaired) electrons. The smallest absolute Gasteiger partial charge is 0.183 e. The van der Waals surface area contributed by atoms with E-state index in [9.17, 15) is 0 Å². The molecular formula is C39H29Cl2N3O3. The van der Waals surface area contributed by atoms with E-state index in [0.717, 1.165) is 16.8 Å². The zero-order valence-corrected chi connectivity index (χ0v) is 27.1. The van der Waals surface area contributed by atoms with Crippen molar-refractivity contribution in [3.8, 4) is 28.3 Å². The molecule has 5 aromatic carbocycles. The van der Waals surface area contributed by atoms with Crippen LogP contribution in [0.3, 0.4) is 0 Å². The lowest BCUT2D eigenvalue weighted by atomic mass is 9.68. The van der Waals surface area contributed by atoms with Crippen LogP contribution < -0.4 is 9.75 Å². The Morgan fingerprint density at radius 2 is 1.30 bits per heavy atom. The van der Waals surface area contributed by atoms with Gasteiger partial charge in [0.2, 0.25) is 0 Å². The highest BCUT2D eigenvalue weighted by Gasteiger charge is 2.56. The summed E-state index contributed by atoms with van der Waals surface area (Å²) in [4.78, 5) is 15.7. The van der Waals surface area contributed by atoms with Gasteiger partial charge >= 0.3 is 0 Å². The van der Waals surface area contributed by atoms with Crippen LogP contribution in [0.25, 0.3) is 22.6 Å². The maximum absolute atomic E-state index is 15.7. The third-order valence-corrected chi connectivity index (χ3v) is 9.11. The molecule has 8 heteroatoms. The van der Waals surface area contributed by atoms with Gasteiger partial charge in [-0.15, -0.1) is 0 Å². The molecule has 2 unspecified atom stereocenters. The Labute approximate surface area is 282 Å². The molecule has 47 heavy (non-hydrogen) atoms. The number of methoxy groups -OCH3 is 1. The number of hydrogen-bond acceptors (Lipinski definition) is 6. The van der Waals surface area contributed by atoms with Crippen LogP contribution in [0.5, 0.6) is 5.75 Å². The Morgan fingerprint density at radius 1 is 0.745 bits per heavy atom. The number of aromatic nitrogens is 1. The van der Waals surface area contributed by atoms with Crippen LogP contribution in [-0.4, -0.2) is 23.8 Å². The number of carbonyl (C=O) groups is 1. The minimum absolute atomic E-state index is 0.199. The number of ketones is 1. The Morgan fingerprint density at radius 3 is 1.89 bits per heavy atom. The molecule has 6 nitrogen and oxygen atoms in total. The predicted molar refractivity (Wildman–Crippen MR) is 187 cm³/mol. The van der Waals surface area contributed by atoms with Crippen molar-refractivity contribution in [3.63, 3.8) is 0 Å². The van der Waals surface area contributed by atoms with Crippen molar-refractivity contribution in [1.29, 1.82) is 0 Å². The highest BCUT2D eigenvalue weighted by atomic mass is 35.5. The SMILES string of the molecule is COc1ccc(-c2onc(-c3ccc(Cl)cc3)c2C(=O)C2(C)C(c3ccc(Cl)cc3)=NN(c3ccccc3)C2c2ccccc2)cc1. The van der Waals surface area contributed by atoms with Crippen LogP contribution in [0.2, 0.25) is 10.0 Å². The molecule has 1 aliphatic heterocycles. The molecule has 6 aromatic rings. The second-order valence-corrected chi connectivity index (χ2v) is 12.3.